The average Bonchev–Trinajstić information content (AvgIpc) is 2.67. The van der Waals surface area contributed by atoms with Gasteiger partial charge in [-0.2, -0.15) is 5.10 Å². The second-order valence-electron chi connectivity index (χ2n) is 3.96. The highest BCUT2D eigenvalue weighted by Gasteiger charge is 2.12. The van der Waals surface area contributed by atoms with Crippen LogP contribution in [0.2, 0.25) is 5.02 Å². The Hall–Kier alpha value is -0.840. The van der Waals surface area contributed by atoms with Crippen molar-refractivity contribution in [3.05, 3.63) is 51.2 Å². The first-order valence-electron chi connectivity index (χ1n) is 5.25. The number of hydrogen-bond acceptors (Lipinski definition) is 2. The van der Waals surface area contributed by atoms with Crippen molar-refractivity contribution in [2.45, 2.75) is 12.5 Å². The third-order valence-electron chi connectivity index (χ3n) is 2.56. The SMILES string of the molecule is Cn1ccc(CC(N)c2cc(Cl)ccc2Br)n1. The van der Waals surface area contributed by atoms with Crippen molar-refractivity contribution in [1.29, 1.82) is 0 Å². The van der Waals surface area contributed by atoms with E-state index in [0.29, 0.717) is 11.4 Å². The van der Waals surface area contributed by atoms with Crippen LogP contribution in [0.3, 0.4) is 0 Å². The molecule has 0 saturated carbocycles. The second kappa shape index (κ2) is 5.21. The number of halogens is 2. The number of benzene rings is 1. The number of aromatic nitrogens is 2. The molecule has 0 spiro atoms. The molecule has 0 fully saturated rings. The van der Waals surface area contributed by atoms with Crippen LogP contribution in [0.15, 0.2) is 34.9 Å². The number of rotatable bonds is 3. The largest absolute Gasteiger partial charge is 0.324 e. The molecule has 0 bridgehead atoms. The molecule has 3 nitrogen and oxygen atoms in total. The van der Waals surface area contributed by atoms with Crippen LogP contribution >= 0.6 is 27.5 Å². The number of aryl methyl sites for hydroxylation is 1. The number of hydrogen-bond donors (Lipinski definition) is 1. The third-order valence-corrected chi connectivity index (χ3v) is 3.51. The van der Waals surface area contributed by atoms with E-state index in [1.165, 1.54) is 0 Å². The van der Waals surface area contributed by atoms with E-state index in [1.54, 1.807) is 4.68 Å². The molecule has 90 valence electrons. The molecule has 1 atom stereocenters. The van der Waals surface area contributed by atoms with Crippen LogP contribution in [-0.4, -0.2) is 9.78 Å². The Labute approximate surface area is 114 Å². The van der Waals surface area contributed by atoms with Gasteiger partial charge in [-0.15, -0.1) is 0 Å². The van der Waals surface area contributed by atoms with E-state index in [9.17, 15) is 0 Å². The van der Waals surface area contributed by atoms with E-state index < -0.39 is 0 Å². The van der Waals surface area contributed by atoms with Gasteiger partial charge in [0.1, 0.15) is 0 Å². The van der Waals surface area contributed by atoms with Gasteiger partial charge in [0, 0.05) is 35.2 Å². The molecule has 17 heavy (non-hydrogen) atoms. The van der Waals surface area contributed by atoms with Crippen LogP contribution in [0.25, 0.3) is 0 Å². The highest BCUT2D eigenvalue weighted by molar-refractivity contribution is 9.10. The summed E-state index contributed by atoms with van der Waals surface area (Å²) in [7, 11) is 1.89. The summed E-state index contributed by atoms with van der Waals surface area (Å²) in [5.74, 6) is 0. The lowest BCUT2D eigenvalue weighted by Crippen LogP contribution is -2.14. The number of nitrogens with zero attached hydrogens (tertiary/aromatic N) is 2. The predicted octanol–water partition coefficient (Wildman–Crippen LogP) is 3.08. The molecule has 0 aliphatic carbocycles. The quantitative estimate of drug-likeness (QED) is 0.946. The zero-order valence-electron chi connectivity index (χ0n) is 9.40. The minimum atomic E-state index is -0.113. The van der Waals surface area contributed by atoms with Crippen molar-refractivity contribution in [1.82, 2.24) is 9.78 Å². The van der Waals surface area contributed by atoms with E-state index in [4.69, 9.17) is 17.3 Å². The van der Waals surface area contributed by atoms with Crippen LogP contribution < -0.4 is 5.73 Å². The molecule has 1 heterocycles. The minimum Gasteiger partial charge on any atom is -0.324 e. The van der Waals surface area contributed by atoms with Crippen LogP contribution in [0.5, 0.6) is 0 Å². The molecule has 5 heteroatoms. The van der Waals surface area contributed by atoms with Gasteiger partial charge < -0.3 is 5.73 Å². The summed E-state index contributed by atoms with van der Waals surface area (Å²) in [6.07, 6.45) is 2.61. The Morgan fingerprint density at radius 1 is 1.47 bits per heavy atom. The van der Waals surface area contributed by atoms with E-state index in [-0.39, 0.29) is 6.04 Å². The monoisotopic (exact) mass is 313 g/mol. The molecule has 1 unspecified atom stereocenters. The lowest BCUT2D eigenvalue weighted by molar-refractivity contribution is 0.673. The standard InChI is InChI=1S/C12H13BrClN3/c1-17-5-4-9(16-17)7-12(15)10-6-8(14)2-3-11(10)13/h2-6,12H,7,15H2,1H3. The number of nitrogens with two attached hydrogens (primary N) is 1. The molecule has 1 aromatic heterocycles. The first kappa shape index (κ1) is 12.6. The fourth-order valence-electron chi connectivity index (χ4n) is 1.71. The predicted molar refractivity (Wildman–Crippen MR) is 73.0 cm³/mol. The molecular formula is C12H13BrClN3. The lowest BCUT2D eigenvalue weighted by atomic mass is 10.0. The van der Waals surface area contributed by atoms with Crippen molar-refractivity contribution in [3.63, 3.8) is 0 Å². The summed E-state index contributed by atoms with van der Waals surface area (Å²) >= 11 is 9.46. The fraction of sp³-hybridized carbons (Fsp3) is 0.250. The molecule has 0 saturated heterocycles. The normalized spacial score (nSPS) is 12.7. The molecule has 2 rings (SSSR count). The zero-order chi connectivity index (χ0) is 12.4. The van der Waals surface area contributed by atoms with Crippen molar-refractivity contribution in [3.8, 4) is 0 Å². The van der Waals surface area contributed by atoms with Crippen molar-refractivity contribution in [2.75, 3.05) is 0 Å². The van der Waals surface area contributed by atoms with Gasteiger partial charge in [0.2, 0.25) is 0 Å². The Balaban J connectivity index is 2.19. The summed E-state index contributed by atoms with van der Waals surface area (Å²) < 4.78 is 2.75. The van der Waals surface area contributed by atoms with Crippen molar-refractivity contribution < 1.29 is 0 Å². The molecule has 1 aromatic carbocycles. The topological polar surface area (TPSA) is 43.8 Å². The molecule has 2 N–H and O–H groups in total. The van der Waals surface area contributed by atoms with Gasteiger partial charge in [0.15, 0.2) is 0 Å². The maximum absolute atomic E-state index is 6.17. The second-order valence-corrected chi connectivity index (χ2v) is 5.25. The maximum atomic E-state index is 6.17. The summed E-state index contributed by atoms with van der Waals surface area (Å²) in [4.78, 5) is 0. The van der Waals surface area contributed by atoms with E-state index in [2.05, 4.69) is 21.0 Å². The first-order chi connectivity index (χ1) is 8.06. The van der Waals surface area contributed by atoms with E-state index in [0.717, 1.165) is 15.7 Å². The Bertz CT molecular complexity index is 524. The smallest absolute Gasteiger partial charge is 0.0643 e. The molecule has 2 aromatic rings. The van der Waals surface area contributed by atoms with Crippen molar-refractivity contribution in [2.24, 2.45) is 12.8 Å². The Kier molecular flexibility index (Phi) is 3.86. The zero-order valence-corrected chi connectivity index (χ0v) is 11.7. The first-order valence-corrected chi connectivity index (χ1v) is 6.42. The summed E-state index contributed by atoms with van der Waals surface area (Å²) in [5.41, 5.74) is 8.15. The highest BCUT2D eigenvalue weighted by atomic mass is 79.9. The van der Waals surface area contributed by atoms with Crippen LogP contribution in [0.4, 0.5) is 0 Å². The van der Waals surface area contributed by atoms with Gasteiger partial charge in [0.05, 0.1) is 5.69 Å². The fourth-order valence-corrected chi connectivity index (χ4v) is 2.43. The summed E-state index contributed by atoms with van der Waals surface area (Å²) in [5, 5.41) is 5.01. The lowest BCUT2D eigenvalue weighted by Gasteiger charge is -2.13. The Morgan fingerprint density at radius 3 is 2.88 bits per heavy atom. The van der Waals surface area contributed by atoms with Gasteiger partial charge >= 0.3 is 0 Å². The van der Waals surface area contributed by atoms with E-state index >= 15 is 0 Å². The molecule has 0 radical (unpaired) electrons. The van der Waals surface area contributed by atoms with Gasteiger partial charge in [0.25, 0.3) is 0 Å². The summed E-state index contributed by atoms with van der Waals surface area (Å²) in [6, 6.07) is 7.49. The van der Waals surface area contributed by atoms with Gasteiger partial charge in [-0.25, -0.2) is 0 Å². The molecule has 0 aliphatic heterocycles. The minimum absolute atomic E-state index is 0.113. The maximum Gasteiger partial charge on any atom is 0.0643 e. The highest BCUT2D eigenvalue weighted by Crippen LogP contribution is 2.27. The van der Waals surface area contributed by atoms with Gasteiger partial charge in [-0.1, -0.05) is 27.5 Å². The van der Waals surface area contributed by atoms with Crippen LogP contribution in [-0.2, 0) is 13.5 Å². The molecule has 0 aliphatic rings. The Morgan fingerprint density at radius 2 is 2.24 bits per heavy atom. The van der Waals surface area contributed by atoms with E-state index in [1.807, 2.05) is 37.5 Å². The van der Waals surface area contributed by atoms with Gasteiger partial charge in [-0.3, -0.25) is 4.68 Å². The average molecular weight is 315 g/mol. The third kappa shape index (κ3) is 3.09. The van der Waals surface area contributed by atoms with Gasteiger partial charge in [-0.05, 0) is 29.8 Å². The molecule has 0 amide bonds. The molecular weight excluding hydrogens is 302 g/mol. The summed E-state index contributed by atoms with van der Waals surface area (Å²) in [6.45, 7) is 0. The van der Waals surface area contributed by atoms with Crippen LogP contribution in [0.1, 0.15) is 17.3 Å². The van der Waals surface area contributed by atoms with Crippen LogP contribution in [0, 0.1) is 0 Å². The van der Waals surface area contributed by atoms with Crippen molar-refractivity contribution >= 4 is 27.5 Å².